The van der Waals surface area contributed by atoms with Crippen LogP contribution in [0.3, 0.4) is 0 Å². The maximum absolute atomic E-state index is 13.0. The number of hydrogen-bond acceptors (Lipinski definition) is 4. The van der Waals surface area contributed by atoms with Crippen molar-refractivity contribution < 1.29 is 17.9 Å². The number of rotatable bonds is 2. The normalized spacial score (nSPS) is 28.4. The standard InChI is InChI=1S/C13H15F3N2OS/c1-18-10-4-3-8(19-2)7-9(10)12(20-13(14,15)16)5-6-17-11(12)18/h3-4,7,11,17H,5-6H2,1-2H3/t11-,12-/m1/s1. The highest BCUT2D eigenvalue weighted by atomic mass is 32.2. The van der Waals surface area contributed by atoms with E-state index in [-0.39, 0.29) is 17.9 Å². The molecule has 0 bridgehead atoms. The van der Waals surface area contributed by atoms with Gasteiger partial charge in [-0.3, -0.25) is 5.32 Å². The molecule has 1 aromatic rings. The van der Waals surface area contributed by atoms with E-state index in [1.807, 2.05) is 18.0 Å². The highest BCUT2D eigenvalue weighted by molar-refractivity contribution is 8.01. The number of fused-ring (bicyclic) bond motifs is 3. The van der Waals surface area contributed by atoms with Crippen molar-refractivity contribution in [3.63, 3.8) is 0 Å². The highest BCUT2D eigenvalue weighted by Gasteiger charge is 2.58. The molecule has 3 nitrogen and oxygen atoms in total. The van der Waals surface area contributed by atoms with Crippen LogP contribution in [0.4, 0.5) is 18.9 Å². The van der Waals surface area contributed by atoms with Crippen molar-refractivity contribution in [1.29, 1.82) is 0 Å². The van der Waals surface area contributed by atoms with Crippen molar-refractivity contribution in [1.82, 2.24) is 5.32 Å². The Balaban J connectivity index is 2.12. The molecule has 0 aromatic heterocycles. The van der Waals surface area contributed by atoms with E-state index in [4.69, 9.17) is 4.74 Å². The fourth-order valence-electron chi connectivity index (χ4n) is 3.22. The van der Waals surface area contributed by atoms with Crippen LogP contribution in [0.2, 0.25) is 0 Å². The topological polar surface area (TPSA) is 24.5 Å². The molecule has 0 radical (unpaired) electrons. The van der Waals surface area contributed by atoms with Gasteiger partial charge >= 0.3 is 5.51 Å². The third-order valence-corrected chi connectivity index (χ3v) is 5.24. The lowest BCUT2D eigenvalue weighted by atomic mass is 9.97. The molecule has 3 rings (SSSR count). The summed E-state index contributed by atoms with van der Waals surface area (Å²) in [4.78, 5) is 1.89. The number of thioether (sulfide) groups is 1. The average molecular weight is 304 g/mol. The first kappa shape index (κ1) is 13.9. The van der Waals surface area contributed by atoms with E-state index in [0.717, 1.165) is 5.69 Å². The van der Waals surface area contributed by atoms with E-state index in [2.05, 4.69) is 5.32 Å². The first-order valence-corrected chi connectivity index (χ1v) is 7.11. The van der Waals surface area contributed by atoms with Crippen LogP contribution in [0.15, 0.2) is 18.2 Å². The Bertz CT molecular complexity index is 537. The SMILES string of the molecule is COc1ccc2c(c1)[C@]1(SC(F)(F)F)CCN[C@@H]1N2C. The minimum absolute atomic E-state index is 0.0883. The number of methoxy groups -OCH3 is 1. The molecular weight excluding hydrogens is 289 g/mol. The summed E-state index contributed by atoms with van der Waals surface area (Å²) in [5.74, 6) is 0.590. The quantitative estimate of drug-likeness (QED) is 0.908. The Labute approximate surface area is 119 Å². The summed E-state index contributed by atoms with van der Waals surface area (Å²) in [5, 5.41) is 3.18. The second-order valence-corrected chi connectivity index (χ2v) is 6.43. The van der Waals surface area contributed by atoms with Gasteiger partial charge in [-0.05, 0) is 48.5 Å². The molecule has 7 heteroatoms. The number of nitrogens with zero attached hydrogens (tertiary/aromatic N) is 1. The molecule has 0 aliphatic carbocycles. The van der Waals surface area contributed by atoms with Gasteiger partial charge < -0.3 is 9.64 Å². The molecule has 2 aliphatic heterocycles. The van der Waals surface area contributed by atoms with Gasteiger partial charge in [0.25, 0.3) is 0 Å². The fourth-order valence-corrected chi connectivity index (χ4v) is 4.47. The maximum atomic E-state index is 13.0. The minimum atomic E-state index is -4.27. The van der Waals surface area contributed by atoms with Gasteiger partial charge in [0.15, 0.2) is 0 Å². The largest absolute Gasteiger partial charge is 0.497 e. The third-order valence-electron chi connectivity index (χ3n) is 4.00. The predicted molar refractivity (Wildman–Crippen MR) is 73.1 cm³/mol. The van der Waals surface area contributed by atoms with E-state index in [1.54, 1.807) is 12.1 Å². The molecule has 2 aliphatic rings. The van der Waals surface area contributed by atoms with Gasteiger partial charge in [0, 0.05) is 12.7 Å². The molecule has 2 heterocycles. The second-order valence-electron chi connectivity index (χ2n) is 5.04. The van der Waals surface area contributed by atoms with Gasteiger partial charge in [-0.15, -0.1) is 0 Å². The van der Waals surface area contributed by atoms with Crippen LogP contribution in [-0.4, -0.2) is 32.4 Å². The van der Waals surface area contributed by atoms with E-state index in [1.165, 1.54) is 7.11 Å². The van der Waals surface area contributed by atoms with Crippen LogP contribution >= 0.6 is 11.8 Å². The molecule has 1 fully saturated rings. The van der Waals surface area contributed by atoms with Gasteiger partial charge in [0.1, 0.15) is 5.75 Å². The van der Waals surface area contributed by atoms with Crippen molar-refractivity contribution in [3.8, 4) is 5.75 Å². The van der Waals surface area contributed by atoms with E-state index in [0.29, 0.717) is 24.3 Å². The smallest absolute Gasteiger partial charge is 0.442 e. The Kier molecular flexibility index (Phi) is 3.10. The zero-order chi connectivity index (χ0) is 14.5. The number of anilines is 1. The van der Waals surface area contributed by atoms with Crippen molar-refractivity contribution in [3.05, 3.63) is 23.8 Å². The molecule has 1 saturated heterocycles. The summed E-state index contributed by atoms with van der Waals surface area (Å²) in [6.45, 7) is 0.578. The average Bonchev–Trinajstić information content (AvgIpc) is 2.87. The number of likely N-dealkylation sites (N-methyl/N-ethyl adjacent to an activating group) is 1. The van der Waals surface area contributed by atoms with Crippen LogP contribution in [0.25, 0.3) is 0 Å². The highest BCUT2D eigenvalue weighted by Crippen LogP contribution is 2.59. The summed E-state index contributed by atoms with van der Waals surface area (Å²) >= 11 is 0.0883. The Hall–Kier alpha value is -1.08. The summed E-state index contributed by atoms with van der Waals surface area (Å²) in [6.07, 6.45) is 0.114. The van der Waals surface area contributed by atoms with Gasteiger partial charge in [0.2, 0.25) is 0 Å². The molecule has 0 spiro atoms. The van der Waals surface area contributed by atoms with Crippen LogP contribution in [0.5, 0.6) is 5.75 Å². The van der Waals surface area contributed by atoms with Crippen LogP contribution in [0, 0.1) is 0 Å². The summed E-state index contributed by atoms with van der Waals surface area (Å²) < 4.78 is 43.3. The van der Waals surface area contributed by atoms with Crippen molar-refractivity contribution in [2.45, 2.75) is 22.8 Å². The first-order chi connectivity index (χ1) is 9.37. The molecule has 20 heavy (non-hydrogen) atoms. The third kappa shape index (κ3) is 1.95. The lowest BCUT2D eigenvalue weighted by Gasteiger charge is -2.31. The van der Waals surface area contributed by atoms with Crippen molar-refractivity contribution >= 4 is 17.4 Å². The zero-order valence-corrected chi connectivity index (χ0v) is 11.9. The van der Waals surface area contributed by atoms with E-state index in [9.17, 15) is 13.2 Å². The zero-order valence-electron chi connectivity index (χ0n) is 11.1. The number of benzene rings is 1. The van der Waals surface area contributed by atoms with Crippen LogP contribution in [-0.2, 0) is 4.75 Å². The van der Waals surface area contributed by atoms with Gasteiger partial charge in [-0.25, -0.2) is 0 Å². The second kappa shape index (κ2) is 4.46. The number of alkyl halides is 3. The monoisotopic (exact) mass is 304 g/mol. The van der Waals surface area contributed by atoms with Gasteiger partial charge in [-0.2, -0.15) is 13.2 Å². The molecule has 0 saturated carbocycles. The lowest BCUT2D eigenvalue weighted by Crippen LogP contribution is -2.45. The Morgan fingerprint density at radius 2 is 2.20 bits per heavy atom. The number of ether oxygens (including phenoxy) is 1. The molecule has 110 valence electrons. The van der Waals surface area contributed by atoms with Gasteiger partial charge in [-0.1, -0.05) is 0 Å². The Morgan fingerprint density at radius 1 is 1.45 bits per heavy atom. The Morgan fingerprint density at radius 3 is 2.85 bits per heavy atom. The van der Waals surface area contributed by atoms with E-state index >= 15 is 0 Å². The van der Waals surface area contributed by atoms with Crippen LogP contribution in [0.1, 0.15) is 12.0 Å². The summed E-state index contributed by atoms with van der Waals surface area (Å²) in [5.41, 5.74) is -2.73. The summed E-state index contributed by atoms with van der Waals surface area (Å²) in [7, 11) is 3.35. The first-order valence-electron chi connectivity index (χ1n) is 6.29. The van der Waals surface area contributed by atoms with Crippen molar-refractivity contribution in [2.75, 3.05) is 25.6 Å². The fraction of sp³-hybridized carbons (Fsp3) is 0.538. The van der Waals surface area contributed by atoms with Gasteiger partial charge in [0.05, 0.1) is 18.0 Å². The minimum Gasteiger partial charge on any atom is -0.497 e. The lowest BCUT2D eigenvalue weighted by molar-refractivity contribution is -0.0345. The molecule has 1 aromatic carbocycles. The number of nitrogens with one attached hydrogen (secondary N) is 1. The molecule has 2 atom stereocenters. The van der Waals surface area contributed by atoms with Crippen molar-refractivity contribution in [2.24, 2.45) is 0 Å². The number of halogens is 3. The molecule has 1 N–H and O–H groups in total. The van der Waals surface area contributed by atoms with Crippen LogP contribution < -0.4 is 15.0 Å². The molecule has 0 unspecified atom stereocenters. The molecular formula is C13H15F3N2OS. The number of hydrogen-bond donors (Lipinski definition) is 1. The molecule has 0 amide bonds. The van der Waals surface area contributed by atoms with E-state index < -0.39 is 10.3 Å². The summed E-state index contributed by atoms with van der Waals surface area (Å²) in [6, 6.07) is 5.34. The predicted octanol–water partition coefficient (Wildman–Crippen LogP) is 2.91. The maximum Gasteiger partial charge on any atom is 0.442 e.